The van der Waals surface area contributed by atoms with Gasteiger partial charge in [-0.2, -0.15) is 0 Å². The zero-order chi connectivity index (χ0) is 24.2. The molecule has 2 saturated heterocycles. The molecule has 0 unspecified atom stereocenters. The summed E-state index contributed by atoms with van der Waals surface area (Å²) in [5.41, 5.74) is 3.65. The molecule has 2 fully saturated rings. The van der Waals surface area contributed by atoms with E-state index < -0.39 is 0 Å². The van der Waals surface area contributed by atoms with Crippen LogP contribution in [-0.4, -0.2) is 68.1 Å². The highest BCUT2D eigenvalue weighted by Crippen LogP contribution is 2.34. The zero-order valence-electron chi connectivity index (χ0n) is 19.6. The summed E-state index contributed by atoms with van der Waals surface area (Å²) in [6.07, 6.45) is 0. The molecule has 0 N–H and O–H groups in total. The highest BCUT2D eigenvalue weighted by Gasteiger charge is 2.27. The van der Waals surface area contributed by atoms with Crippen molar-refractivity contribution < 1.29 is 9.72 Å². The SMILES string of the molecule is O=C(c1ccccc1)N1CCN(c2ccc([N+](=O)[O-])c(N3CCN(c4ccccc4)CC3)c2)CC1. The van der Waals surface area contributed by atoms with Crippen LogP contribution in [0.3, 0.4) is 0 Å². The summed E-state index contributed by atoms with van der Waals surface area (Å²) < 4.78 is 0. The van der Waals surface area contributed by atoms with Crippen molar-refractivity contribution in [2.24, 2.45) is 0 Å². The second-order valence-corrected chi connectivity index (χ2v) is 8.89. The third-order valence-corrected chi connectivity index (χ3v) is 6.85. The van der Waals surface area contributed by atoms with Crippen molar-refractivity contribution in [2.75, 3.05) is 67.1 Å². The predicted molar refractivity (Wildman–Crippen MR) is 139 cm³/mol. The van der Waals surface area contributed by atoms with Gasteiger partial charge in [-0.15, -0.1) is 0 Å². The fraction of sp³-hybridized carbons (Fsp3) is 0.296. The van der Waals surface area contributed by atoms with Crippen molar-refractivity contribution in [2.45, 2.75) is 0 Å². The van der Waals surface area contributed by atoms with Gasteiger partial charge < -0.3 is 19.6 Å². The fourth-order valence-corrected chi connectivity index (χ4v) is 4.89. The van der Waals surface area contributed by atoms with Gasteiger partial charge in [-0.05, 0) is 36.4 Å². The average Bonchev–Trinajstić information content (AvgIpc) is 2.93. The molecule has 8 heteroatoms. The number of amides is 1. The van der Waals surface area contributed by atoms with Gasteiger partial charge in [-0.25, -0.2) is 0 Å². The fourth-order valence-electron chi connectivity index (χ4n) is 4.89. The molecule has 3 aromatic carbocycles. The maximum Gasteiger partial charge on any atom is 0.292 e. The van der Waals surface area contributed by atoms with E-state index in [1.807, 2.05) is 65.6 Å². The minimum atomic E-state index is -0.293. The Hall–Kier alpha value is -4.07. The van der Waals surface area contributed by atoms with Crippen LogP contribution in [-0.2, 0) is 0 Å². The van der Waals surface area contributed by atoms with Gasteiger partial charge in [0, 0.05) is 75.4 Å². The molecule has 2 heterocycles. The Labute approximate surface area is 205 Å². The van der Waals surface area contributed by atoms with E-state index in [4.69, 9.17) is 0 Å². The monoisotopic (exact) mass is 471 g/mol. The van der Waals surface area contributed by atoms with E-state index in [1.54, 1.807) is 6.07 Å². The van der Waals surface area contributed by atoms with Gasteiger partial charge in [-0.1, -0.05) is 36.4 Å². The molecule has 0 atom stereocenters. The lowest BCUT2D eigenvalue weighted by Gasteiger charge is -2.38. The second kappa shape index (κ2) is 10.0. The molecule has 3 aromatic rings. The Kier molecular flexibility index (Phi) is 6.52. The van der Waals surface area contributed by atoms with Crippen LogP contribution >= 0.6 is 0 Å². The first-order valence-corrected chi connectivity index (χ1v) is 12.0. The number of nitrogens with zero attached hydrogens (tertiary/aromatic N) is 5. The highest BCUT2D eigenvalue weighted by molar-refractivity contribution is 5.94. The van der Waals surface area contributed by atoms with Gasteiger partial charge in [0.05, 0.1) is 4.92 Å². The Morgan fingerprint density at radius 2 is 1.20 bits per heavy atom. The van der Waals surface area contributed by atoms with Gasteiger partial charge in [0.25, 0.3) is 11.6 Å². The summed E-state index contributed by atoms with van der Waals surface area (Å²) in [5, 5.41) is 11.8. The van der Waals surface area contributed by atoms with Gasteiger partial charge in [0.15, 0.2) is 0 Å². The molecule has 0 aromatic heterocycles. The Morgan fingerprint density at radius 3 is 1.83 bits per heavy atom. The van der Waals surface area contributed by atoms with Gasteiger partial charge >= 0.3 is 0 Å². The van der Waals surface area contributed by atoms with Crippen LogP contribution in [0.5, 0.6) is 0 Å². The molecule has 180 valence electrons. The maximum atomic E-state index is 12.8. The van der Waals surface area contributed by atoms with Crippen LogP contribution in [0.15, 0.2) is 78.9 Å². The van der Waals surface area contributed by atoms with E-state index in [-0.39, 0.29) is 16.5 Å². The van der Waals surface area contributed by atoms with Crippen LogP contribution in [0.2, 0.25) is 0 Å². The van der Waals surface area contributed by atoms with Crippen LogP contribution in [0, 0.1) is 10.1 Å². The standard InChI is InChI=1S/C27H29N5O3/c33-27(22-7-3-1-4-8-22)31-19-15-29(16-20-31)24-11-12-25(32(34)35)26(21-24)30-17-13-28(14-18-30)23-9-5-2-6-10-23/h1-12,21H,13-20H2. The molecule has 0 saturated carbocycles. The topological polar surface area (TPSA) is 73.2 Å². The summed E-state index contributed by atoms with van der Waals surface area (Å²) in [6.45, 7) is 5.69. The van der Waals surface area contributed by atoms with E-state index in [0.717, 1.165) is 31.9 Å². The summed E-state index contributed by atoms with van der Waals surface area (Å²) in [6, 6.07) is 25.0. The van der Waals surface area contributed by atoms with E-state index in [9.17, 15) is 14.9 Å². The number of nitro benzene ring substituents is 1. The minimum Gasteiger partial charge on any atom is -0.368 e. The smallest absolute Gasteiger partial charge is 0.292 e. The summed E-state index contributed by atoms with van der Waals surface area (Å²) in [5.74, 6) is 0.0472. The first kappa shape index (κ1) is 22.7. The van der Waals surface area contributed by atoms with Crippen molar-refractivity contribution in [3.63, 3.8) is 0 Å². The molecule has 2 aliphatic heterocycles. The number of rotatable bonds is 5. The van der Waals surface area contributed by atoms with Crippen molar-refractivity contribution in [1.29, 1.82) is 0 Å². The molecular weight excluding hydrogens is 442 g/mol. The molecule has 8 nitrogen and oxygen atoms in total. The summed E-state index contributed by atoms with van der Waals surface area (Å²) in [7, 11) is 0. The van der Waals surface area contributed by atoms with Gasteiger partial charge in [-0.3, -0.25) is 14.9 Å². The number of carbonyl (C=O) groups is 1. The van der Waals surface area contributed by atoms with Crippen molar-refractivity contribution >= 4 is 28.7 Å². The van der Waals surface area contributed by atoms with Crippen LogP contribution < -0.4 is 14.7 Å². The highest BCUT2D eigenvalue weighted by atomic mass is 16.6. The average molecular weight is 472 g/mol. The van der Waals surface area contributed by atoms with Crippen molar-refractivity contribution in [3.05, 3.63) is 94.5 Å². The van der Waals surface area contributed by atoms with E-state index in [1.165, 1.54) is 5.69 Å². The lowest BCUT2D eigenvalue weighted by atomic mass is 10.1. The lowest BCUT2D eigenvalue weighted by molar-refractivity contribution is -0.384. The molecule has 5 rings (SSSR count). The van der Waals surface area contributed by atoms with E-state index in [0.29, 0.717) is 37.4 Å². The Bertz CT molecular complexity index is 1170. The number of anilines is 3. The maximum absolute atomic E-state index is 12.8. The largest absolute Gasteiger partial charge is 0.368 e. The minimum absolute atomic E-state index is 0.0472. The number of carbonyl (C=O) groups excluding carboxylic acids is 1. The number of hydrogen-bond acceptors (Lipinski definition) is 6. The molecule has 35 heavy (non-hydrogen) atoms. The van der Waals surface area contributed by atoms with Crippen molar-refractivity contribution in [3.8, 4) is 0 Å². The lowest BCUT2D eigenvalue weighted by Crippen LogP contribution is -2.49. The number of piperazine rings is 2. The first-order chi connectivity index (χ1) is 17.1. The summed E-state index contributed by atoms with van der Waals surface area (Å²) in [4.78, 5) is 32.8. The van der Waals surface area contributed by atoms with Crippen LogP contribution in [0.25, 0.3) is 0 Å². The Morgan fingerprint density at radius 1 is 0.657 bits per heavy atom. The predicted octanol–water partition coefficient (Wildman–Crippen LogP) is 3.88. The number of nitro groups is 1. The first-order valence-electron chi connectivity index (χ1n) is 12.0. The Balaban J connectivity index is 1.28. The molecule has 0 radical (unpaired) electrons. The van der Waals surface area contributed by atoms with Crippen LogP contribution in [0.4, 0.5) is 22.7 Å². The second-order valence-electron chi connectivity index (χ2n) is 8.89. The number of hydrogen-bond donors (Lipinski definition) is 0. The third-order valence-electron chi connectivity index (χ3n) is 6.85. The quantitative estimate of drug-likeness (QED) is 0.415. The molecule has 0 aliphatic carbocycles. The van der Waals surface area contributed by atoms with Gasteiger partial charge in [0.2, 0.25) is 0 Å². The summed E-state index contributed by atoms with van der Waals surface area (Å²) >= 11 is 0. The normalized spacial score (nSPS) is 16.3. The molecular formula is C27H29N5O3. The number of benzene rings is 3. The number of para-hydroxylation sites is 1. The molecule has 1 amide bonds. The molecule has 2 aliphatic rings. The van der Waals surface area contributed by atoms with E-state index >= 15 is 0 Å². The molecule has 0 bridgehead atoms. The van der Waals surface area contributed by atoms with Gasteiger partial charge in [0.1, 0.15) is 5.69 Å². The van der Waals surface area contributed by atoms with Crippen LogP contribution in [0.1, 0.15) is 10.4 Å². The zero-order valence-corrected chi connectivity index (χ0v) is 19.6. The molecule has 0 spiro atoms. The van der Waals surface area contributed by atoms with E-state index in [2.05, 4.69) is 26.8 Å². The third kappa shape index (κ3) is 4.91. The van der Waals surface area contributed by atoms with Crippen molar-refractivity contribution in [1.82, 2.24) is 4.90 Å².